The van der Waals surface area contributed by atoms with Gasteiger partial charge in [0.05, 0.1) is 17.9 Å². The molecule has 3 aromatic rings. The van der Waals surface area contributed by atoms with Gasteiger partial charge in [0.15, 0.2) is 10.9 Å². The van der Waals surface area contributed by atoms with E-state index in [0.29, 0.717) is 5.13 Å². The molecular weight excluding hydrogens is 332 g/mol. The zero-order valence-electron chi connectivity index (χ0n) is 14.3. The Morgan fingerprint density at radius 1 is 1.24 bits per heavy atom. The fourth-order valence-corrected chi connectivity index (χ4v) is 4.42. The molecule has 2 N–H and O–H groups in total. The van der Waals surface area contributed by atoms with Crippen LogP contribution in [0.5, 0.6) is 0 Å². The Morgan fingerprint density at radius 2 is 2.00 bits per heavy atom. The fraction of sp³-hybridized carbons (Fsp3) is 0.368. The maximum Gasteiger partial charge on any atom is 0.180 e. The maximum absolute atomic E-state index is 5.93. The molecule has 25 heavy (non-hydrogen) atoms. The van der Waals surface area contributed by atoms with Crippen LogP contribution in [-0.2, 0) is 12.0 Å². The van der Waals surface area contributed by atoms with Crippen LogP contribution in [0.1, 0.15) is 35.6 Å². The third-order valence-electron chi connectivity index (χ3n) is 5.10. The molecule has 0 amide bonds. The minimum Gasteiger partial charge on any atom is -0.375 e. The van der Waals surface area contributed by atoms with E-state index in [0.717, 1.165) is 49.6 Å². The summed E-state index contributed by atoms with van der Waals surface area (Å²) in [6, 6.07) is 12.7. The summed E-state index contributed by atoms with van der Waals surface area (Å²) in [5.74, 6) is 0.933. The van der Waals surface area contributed by atoms with Gasteiger partial charge in [0.25, 0.3) is 0 Å². The molecule has 1 aliphatic rings. The van der Waals surface area contributed by atoms with E-state index in [-0.39, 0.29) is 5.41 Å². The molecule has 1 aromatic carbocycles. The highest BCUT2D eigenvalue weighted by Crippen LogP contribution is 2.42. The Bertz CT molecular complexity index is 834. The van der Waals surface area contributed by atoms with Crippen molar-refractivity contribution in [3.8, 4) is 0 Å². The number of aromatic nitrogens is 2. The molecule has 0 atom stereocenters. The highest BCUT2D eigenvalue weighted by molar-refractivity contribution is 7.13. The van der Waals surface area contributed by atoms with Crippen molar-refractivity contribution in [3.63, 3.8) is 0 Å². The van der Waals surface area contributed by atoms with Gasteiger partial charge in [-0.15, -0.1) is 11.3 Å². The normalized spacial score (nSPS) is 17.6. The van der Waals surface area contributed by atoms with Crippen molar-refractivity contribution in [1.82, 2.24) is 15.0 Å². The van der Waals surface area contributed by atoms with Crippen LogP contribution in [0.25, 0.3) is 0 Å². The number of likely N-dealkylation sites (tertiary alicyclic amines) is 1. The number of hydrogen-bond acceptors (Lipinski definition) is 6. The molecule has 0 radical (unpaired) electrons. The minimum absolute atomic E-state index is 0.0524. The number of rotatable bonds is 4. The summed E-state index contributed by atoms with van der Waals surface area (Å²) < 4.78 is 5.37. The summed E-state index contributed by atoms with van der Waals surface area (Å²) >= 11 is 1.53. The molecule has 4 rings (SSSR count). The van der Waals surface area contributed by atoms with Gasteiger partial charge in [-0.05, 0) is 38.4 Å². The predicted molar refractivity (Wildman–Crippen MR) is 99.5 cm³/mol. The van der Waals surface area contributed by atoms with Crippen molar-refractivity contribution < 1.29 is 4.52 Å². The number of nitrogens with zero attached hydrogens (tertiary/aromatic N) is 3. The van der Waals surface area contributed by atoms with E-state index in [9.17, 15) is 0 Å². The van der Waals surface area contributed by atoms with Crippen molar-refractivity contribution in [2.75, 3.05) is 18.8 Å². The first-order valence-corrected chi connectivity index (χ1v) is 9.45. The second kappa shape index (κ2) is 6.61. The first kappa shape index (κ1) is 16.3. The number of thiazole rings is 1. The van der Waals surface area contributed by atoms with Gasteiger partial charge < -0.3 is 10.3 Å². The summed E-state index contributed by atoms with van der Waals surface area (Å²) in [5.41, 5.74) is 9.25. The molecule has 130 valence electrons. The lowest BCUT2D eigenvalue weighted by Gasteiger charge is -2.41. The number of nitrogens with two attached hydrogens (primary N) is 1. The molecule has 0 spiro atoms. The molecule has 0 bridgehead atoms. The number of aryl methyl sites for hydroxylation is 1. The third-order valence-corrected chi connectivity index (χ3v) is 5.78. The van der Waals surface area contributed by atoms with Gasteiger partial charge in [-0.3, -0.25) is 4.90 Å². The molecule has 1 aliphatic heterocycles. The standard InChI is InChI=1S/C19H22N4OS/c1-14-11-16(24-22-14)12-23-9-7-19(8-10-23,15-5-3-2-4-6-15)17-13-25-18(20)21-17/h2-6,11,13H,7-10,12H2,1H3,(H2,20,21). The monoisotopic (exact) mass is 354 g/mol. The van der Waals surface area contributed by atoms with Gasteiger partial charge >= 0.3 is 0 Å². The van der Waals surface area contributed by atoms with Gasteiger partial charge in [0.2, 0.25) is 0 Å². The lowest BCUT2D eigenvalue weighted by Crippen LogP contribution is -2.43. The molecule has 6 heteroatoms. The Hall–Kier alpha value is -2.18. The van der Waals surface area contributed by atoms with E-state index in [1.165, 1.54) is 16.9 Å². The second-order valence-electron chi connectivity index (χ2n) is 6.73. The first-order valence-electron chi connectivity index (χ1n) is 8.57. The minimum atomic E-state index is -0.0524. The number of anilines is 1. The number of hydrogen-bond donors (Lipinski definition) is 1. The molecule has 0 aliphatic carbocycles. The van der Waals surface area contributed by atoms with E-state index in [1.807, 2.05) is 13.0 Å². The van der Waals surface area contributed by atoms with Gasteiger partial charge in [-0.2, -0.15) is 0 Å². The molecule has 5 nitrogen and oxygen atoms in total. The van der Waals surface area contributed by atoms with Crippen molar-refractivity contribution in [1.29, 1.82) is 0 Å². The summed E-state index contributed by atoms with van der Waals surface area (Å²) in [5, 5.41) is 6.75. The summed E-state index contributed by atoms with van der Waals surface area (Å²) in [6.07, 6.45) is 2.04. The average Bonchev–Trinajstić information content (AvgIpc) is 3.25. The lowest BCUT2D eigenvalue weighted by atomic mass is 9.70. The highest BCUT2D eigenvalue weighted by Gasteiger charge is 2.39. The zero-order valence-corrected chi connectivity index (χ0v) is 15.1. The first-order chi connectivity index (χ1) is 12.2. The topological polar surface area (TPSA) is 68.2 Å². The molecule has 0 unspecified atom stereocenters. The number of benzene rings is 1. The van der Waals surface area contributed by atoms with Crippen LogP contribution < -0.4 is 5.73 Å². The summed E-state index contributed by atoms with van der Waals surface area (Å²) in [6.45, 7) is 4.75. The SMILES string of the molecule is Cc1cc(CN2CCC(c3ccccc3)(c3csc(N)n3)CC2)on1. The van der Waals surface area contributed by atoms with Crippen LogP contribution in [0.4, 0.5) is 5.13 Å². The molecular formula is C19H22N4OS. The smallest absolute Gasteiger partial charge is 0.180 e. The number of nitrogen functional groups attached to an aromatic ring is 1. The fourth-order valence-electron chi connectivity index (χ4n) is 3.76. The van der Waals surface area contributed by atoms with Gasteiger partial charge in [-0.25, -0.2) is 4.98 Å². The van der Waals surface area contributed by atoms with E-state index in [1.54, 1.807) is 0 Å². The number of piperidine rings is 1. The molecule has 3 heterocycles. The van der Waals surface area contributed by atoms with Crippen LogP contribution in [0.3, 0.4) is 0 Å². The lowest BCUT2D eigenvalue weighted by molar-refractivity contribution is 0.156. The van der Waals surface area contributed by atoms with E-state index < -0.39 is 0 Å². The Balaban J connectivity index is 1.57. The van der Waals surface area contributed by atoms with Crippen molar-refractivity contribution in [2.45, 2.75) is 31.7 Å². The van der Waals surface area contributed by atoms with Gasteiger partial charge in [-0.1, -0.05) is 35.5 Å². The largest absolute Gasteiger partial charge is 0.375 e. The van der Waals surface area contributed by atoms with E-state index in [4.69, 9.17) is 10.3 Å². The van der Waals surface area contributed by atoms with Crippen molar-refractivity contribution >= 4 is 16.5 Å². The van der Waals surface area contributed by atoms with Gasteiger partial charge in [0.1, 0.15) is 0 Å². The van der Waals surface area contributed by atoms with Crippen LogP contribution in [0.2, 0.25) is 0 Å². The van der Waals surface area contributed by atoms with Crippen LogP contribution in [0, 0.1) is 6.92 Å². The van der Waals surface area contributed by atoms with Crippen molar-refractivity contribution in [2.24, 2.45) is 0 Å². The van der Waals surface area contributed by atoms with E-state index >= 15 is 0 Å². The Morgan fingerprint density at radius 3 is 2.60 bits per heavy atom. The quantitative estimate of drug-likeness (QED) is 0.775. The van der Waals surface area contributed by atoms with Crippen molar-refractivity contribution in [3.05, 3.63) is 64.5 Å². The van der Waals surface area contributed by atoms with E-state index in [2.05, 4.69) is 50.8 Å². The zero-order chi connectivity index (χ0) is 17.3. The summed E-state index contributed by atoms with van der Waals surface area (Å²) in [4.78, 5) is 7.07. The van der Waals surface area contributed by atoms with Crippen LogP contribution in [-0.4, -0.2) is 28.1 Å². The third kappa shape index (κ3) is 3.19. The summed E-state index contributed by atoms with van der Waals surface area (Å²) in [7, 11) is 0. The maximum atomic E-state index is 5.93. The molecule has 0 saturated carbocycles. The van der Waals surface area contributed by atoms with Crippen LogP contribution >= 0.6 is 11.3 Å². The average molecular weight is 354 g/mol. The molecule has 2 aromatic heterocycles. The highest BCUT2D eigenvalue weighted by atomic mass is 32.1. The van der Waals surface area contributed by atoms with Crippen LogP contribution in [0.15, 0.2) is 46.3 Å². The second-order valence-corrected chi connectivity index (χ2v) is 7.62. The molecule has 1 fully saturated rings. The predicted octanol–water partition coefficient (Wildman–Crippen LogP) is 3.60. The Kier molecular flexibility index (Phi) is 4.31. The Labute approximate surface area is 151 Å². The van der Waals surface area contributed by atoms with Gasteiger partial charge in [0, 0.05) is 16.9 Å². The molecule has 1 saturated heterocycles.